The van der Waals surface area contributed by atoms with Crippen molar-refractivity contribution in [2.24, 2.45) is 0 Å². The molecular weight excluding hydrogens is 320 g/mol. The Kier molecular flexibility index (Phi) is 4.49. The summed E-state index contributed by atoms with van der Waals surface area (Å²) in [6.07, 6.45) is 1.47. The van der Waals surface area contributed by atoms with Gasteiger partial charge >= 0.3 is 5.97 Å². The second-order valence-corrected chi connectivity index (χ2v) is 4.98. The number of carbonyl (C=O) groups is 1. The number of nitrogens with one attached hydrogen (secondary N) is 2. The van der Waals surface area contributed by atoms with Crippen LogP contribution in [0.2, 0.25) is 0 Å². The number of nitrogens with zero attached hydrogens (tertiary/aromatic N) is 4. The van der Waals surface area contributed by atoms with Crippen LogP contribution in [0.25, 0.3) is 16.7 Å². The first kappa shape index (κ1) is 15.9. The zero-order chi connectivity index (χ0) is 17.6. The van der Waals surface area contributed by atoms with Crippen molar-refractivity contribution in [2.75, 3.05) is 5.32 Å². The van der Waals surface area contributed by atoms with Crippen molar-refractivity contribution >= 4 is 17.2 Å². The smallest absolute Gasteiger partial charge is 0.336 e. The number of hydrogen-bond donors (Lipinski definition) is 3. The molecule has 1 heterocycles. The summed E-state index contributed by atoms with van der Waals surface area (Å²) in [5.74, 6) is -0.805. The minimum atomic E-state index is -0.988. The highest BCUT2D eigenvalue weighted by Gasteiger charge is 2.11. The fourth-order valence-electron chi connectivity index (χ4n) is 2.28. The summed E-state index contributed by atoms with van der Waals surface area (Å²) in [7, 11) is 0. The minimum absolute atomic E-state index is 0.183. The lowest BCUT2D eigenvalue weighted by molar-refractivity contribution is 0.0697. The van der Waals surface area contributed by atoms with Gasteiger partial charge in [0.1, 0.15) is 11.6 Å². The third-order valence-corrected chi connectivity index (χ3v) is 3.42. The third-order valence-electron chi connectivity index (χ3n) is 3.42. The van der Waals surface area contributed by atoms with Crippen molar-refractivity contribution in [1.29, 1.82) is 5.26 Å². The van der Waals surface area contributed by atoms with Crippen LogP contribution < -0.4 is 5.32 Å². The van der Waals surface area contributed by atoms with Crippen molar-refractivity contribution in [3.8, 4) is 17.2 Å². The van der Waals surface area contributed by atoms with Gasteiger partial charge in [0, 0.05) is 11.9 Å². The van der Waals surface area contributed by atoms with E-state index in [1.54, 1.807) is 42.5 Å². The molecule has 0 amide bonds. The summed E-state index contributed by atoms with van der Waals surface area (Å²) >= 11 is 0. The molecule has 0 saturated carbocycles. The highest BCUT2D eigenvalue weighted by atomic mass is 16.4. The van der Waals surface area contributed by atoms with Crippen LogP contribution in [-0.4, -0.2) is 31.7 Å². The number of aromatic carboxylic acids is 1. The van der Waals surface area contributed by atoms with Crippen molar-refractivity contribution in [2.45, 2.75) is 0 Å². The molecular formula is C17H12N6O2. The van der Waals surface area contributed by atoms with Crippen molar-refractivity contribution in [1.82, 2.24) is 20.6 Å². The molecule has 0 bridgehead atoms. The van der Waals surface area contributed by atoms with E-state index in [0.29, 0.717) is 11.3 Å². The Morgan fingerprint density at radius 2 is 2.08 bits per heavy atom. The number of anilines is 1. The molecule has 3 rings (SSSR count). The predicted molar refractivity (Wildman–Crippen MR) is 90.2 cm³/mol. The Bertz CT molecular complexity index is 973. The van der Waals surface area contributed by atoms with Gasteiger partial charge < -0.3 is 10.4 Å². The highest BCUT2D eigenvalue weighted by molar-refractivity contribution is 5.96. The second kappa shape index (κ2) is 7.06. The lowest BCUT2D eigenvalue weighted by Crippen LogP contribution is -1.99. The number of hydrogen-bond acceptors (Lipinski definition) is 6. The maximum Gasteiger partial charge on any atom is 0.336 e. The Labute approximate surface area is 142 Å². The van der Waals surface area contributed by atoms with Gasteiger partial charge in [-0.3, -0.25) is 0 Å². The number of aromatic nitrogens is 4. The van der Waals surface area contributed by atoms with Crippen molar-refractivity contribution in [3.05, 3.63) is 66.1 Å². The van der Waals surface area contributed by atoms with E-state index in [2.05, 4.69) is 25.9 Å². The van der Waals surface area contributed by atoms with Crippen LogP contribution in [0.5, 0.6) is 0 Å². The van der Waals surface area contributed by atoms with Crippen LogP contribution in [0.15, 0.2) is 54.7 Å². The number of aromatic amines is 1. The summed E-state index contributed by atoms with van der Waals surface area (Å²) in [5.41, 5.74) is 2.48. The summed E-state index contributed by atoms with van der Waals surface area (Å²) in [4.78, 5) is 11.4. The predicted octanol–water partition coefficient (Wildman–Crippen LogP) is 2.54. The average molecular weight is 332 g/mol. The quantitative estimate of drug-likeness (QED) is 0.612. The molecule has 2 aromatic carbocycles. The Morgan fingerprint density at radius 3 is 2.80 bits per heavy atom. The van der Waals surface area contributed by atoms with E-state index < -0.39 is 5.97 Å². The molecule has 0 radical (unpaired) electrons. The zero-order valence-corrected chi connectivity index (χ0v) is 12.8. The summed E-state index contributed by atoms with van der Waals surface area (Å²) in [6, 6.07) is 16.0. The largest absolute Gasteiger partial charge is 0.478 e. The highest BCUT2D eigenvalue weighted by Crippen LogP contribution is 2.26. The maximum absolute atomic E-state index is 11.4. The summed E-state index contributed by atoms with van der Waals surface area (Å²) < 4.78 is 0. The molecule has 0 fully saturated rings. The molecule has 0 aliphatic heterocycles. The molecule has 8 nitrogen and oxygen atoms in total. The van der Waals surface area contributed by atoms with E-state index in [0.717, 1.165) is 5.56 Å². The van der Waals surface area contributed by atoms with Gasteiger partial charge in [-0.25, -0.2) is 4.79 Å². The molecule has 1 aromatic heterocycles. The van der Waals surface area contributed by atoms with Crippen LogP contribution in [0, 0.1) is 11.3 Å². The van der Waals surface area contributed by atoms with E-state index in [1.165, 1.54) is 6.20 Å². The third kappa shape index (κ3) is 3.51. The van der Waals surface area contributed by atoms with Crippen LogP contribution in [-0.2, 0) is 0 Å². The van der Waals surface area contributed by atoms with Crippen LogP contribution in [0.3, 0.4) is 0 Å². The normalized spacial score (nSPS) is 10.9. The molecule has 0 aliphatic rings. The number of tetrazole rings is 1. The Balaban J connectivity index is 1.91. The van der Waals surface area contributed by atoms with Crippen LogP contribution in [0.1, 0.15) is 16.2 Å². The van der Waals surface area contributed by atoms with Crippen LogP contribution in [0.4, 0.5) is 5.69 Å². The van der Waals surface area contributed by atoms with Gasteiger partial charge in [0.05, 0.1) is 5.56 Å². The van der Waals surface area contributed by atoms with Crippen molar-refractivity contribution < 1.29 is 9.90 Å². The number of benzene rings is 2. The zero-order valence-electron chi connectivity index (χ0n) is 12.8. The minimum Gasteiger partial charge on any atom is -0.478 e. The topological polar surface area (TPSA) is 128 Å². The van der Waals surface area contributed by atoms with E-state index >= 15 is 0 Å². The molecule has 25 heavy (non-hydrogen) atoms. The van der Waals surface area contributed by atoms with E-state index in [9.17, 15) is 9.90 Å². The number of H-pyrrole nitrogens is 1. The lowest BCUT2D eigenvalue weighted by atomic mass is 9.99. The second-order valence-electron chi connectivity index (χ2n) is 4.98. The summed E-state index contributed by atoms with van der Waals surface area (Å²) in [5, 5.41) is 34.7. The van der Waals surface area contributed by atoms with Gasteiger partial charge in [-0.1, -0.05) is 30.3 Å². The van der Waals surface area contributed by atoms with E-state index in [4.69, 9.17) is 5.26 Å². The number of carboxylic acids is 1. The number of allylic oxidation sites excluding steroid dienone is 1. The maximum atomic E-state index is 11.4. The number of carboxylic acid groups (broad SMARTS) is 1. The monoisotopic (exact) mass is 332 g/mol. The fraction of sp³-hybridized carbons (Fsp3) is 0. The molecule has 3 aromatic rings. The van der Waals surface area contributed by atoms with Gasteiger partial charge in [-0.15, -0.1) is 10.2 Å². The van der Waals surface area contributed by atoms with E-state index in [1.807, 2.05) is 12.1 Å². The van der Waals surface area contributed by atoms with Gasteiger partial charge in [-0.2, -0.15) is 10.5 Å². The fourth-order valence-corrected chi connectivity index (χ4v) is 2.28. The Hall–Kier alpha value is -3.99. The molecule has 122 valence electrons. The summed E-state index contributed by atoms with van der Waals surface area (Å²) in [6.45, 7) is 0. The average Bonchev–Trinajstić information content (AvgIpc) is 3.17. The first-order valence-electron chi connectivity index (χ1n) is 7.22. The van der Waals surface area contributed by atoms with Gasteiger partial charge in [-0.05, 0) is 34.5 Å². The molecule has 0 aliphatic carbocycles. The Morgan fingerprint density at radius 1 is 1.24 bits per heavy atom. The van der Waals surface area contributed by atoms with Gasteiger partial charge in [0.2, 0.25) is 5.82 Å². The molecule has 0 atom stereocenters. The van der Waals surface area contributed by atoms with Crippen LogP contribution >= 0.6 is 0 Å². The molecule has 0 saturated heterocycles. The number of rotatable bonds is 5. The van der Waals surface area contributed by atoms with E-state index in [-0.39, 0.29) is 17.0 Å². The molecule has 0 spiro atoms. The van der Waals surface area contributed by atoms with Crippen molar-refractivity contribution in [3.63, 3.8) is 0 Å². The molecule has 8 heteroatoms. The SMILES string of the molecule is N#CC(=CNc1cccc(-c2ccccc2C(=O)O)c1)c1nn[nH]n1. The first-order valence-corrected chi connectivity index (χ1v) is 7.22. The number of nitriles is 1. The molecule has 3 N–H and O–H groups in total. The first-order chi connectivity index (χ1) is 12.2. The standard InChI is InChI=1S/C17H12N6O2/c18-9-12(16-20-22-23-21-16)10-19-13-5-3-4-11(8-13)14-6-1-2-7-15(14)17(24)25/h1-8,10,19H,(H,24,25)(H,20,21,22,23). The van der Waals surface area contributed by atoms with Gasteiger partial charge in [0.25, 0.3) is 0 Å². The van der Waals surface area contributed by atoms with Gasteiger partial charge in [0.15, 0.2) is 0 Å². The molecule has 0 unspecified atom stereocenters. The lowest BCUT2D eigenvalue weighted by Gasteiger charge is -2.08.